The van der Waals surface area contributed by atoms with Crippen molar-refractivity contribution in [2.24, 2.45) is 0 Å². The van der Waals surface area contributed by atoms with Crippen LogP contribution in [0.4, 0.5) is 19.0 Å². The number of methoxy groups -OCH3 is 2. The largest absolute Gasteiger partial charge is 0.493 e. The number of halogens is 4. The maximum atomic E-state index is 13.6. The van der Waals surface area contributed by atoms with E-state index in [-0.39, 0.29) is 22.7 Å². The van der Waals surface area contributed by atoms with Gasteiger partial charge in [0.15, 0.2) is 17.2 Å². The summed E-state index contributed by atoms with van der Waals surface area (Å²) in [6, 6.07) is 10.5. The van der Waals surface area contributed by atoms with Crippen molar-refractivity contribution in [1.29, 1.82) is 0 Å². The van der Waals surface area contributed by atoms with E-state index in [2.05, 4.69) is 5.10 Å². The maximum absolute atomic E-state index is 13.6. The maximum Gasteiger partial charge on any atom is 0.435 e. The molecule has 2 N–H and O–H groups in total. The second-order valence-corrected chi connectivity index (χ2v) is 6.00. The number of nitrogens with zero attached hydrogens (tertiary/aromatic N) is 2. The van der Waals surface area contributed by atoms with E-state index in [1.165, 1.54) is 44.6 Å². The summed E-state index contributed by atoms with van der Waals surface area (Å²) in [6.45, 7) is 0. The van der Waals surface area contributed by atoms with Gasteiger partial charge in [-0.05, 0) is 42.0 Å². The summed E-state index contributed by atoms with van der Waals surface area (Å²) in [5.74, 6) is 0.511. The van der Waals surface area contributed by atoms with Crippen molar-refractivity contribution in [2.75, 3.05) is 20.0 Å². The molecule has 0 aliphatic rings. The zero-order chi connectivity index (χ0) is 19.8. The summed E-state index contributed by atoms with van der Waals surface area (Å²) in [5, 5.41) is 4.15. The molecule has 0 amide bonds. The fourth-order valence-corrected chi connectivity index (χ4v) is 2.81. The van der Waals surface area contributed by atoms with Crippen molar-refractivity contribution in [3.8, 4) is 28.3 Å². The number of alkyl halides is 3. The summed E-state index contributed by atoms with van der Waals surface area (Å²) in [6.07, 6.45) is -4.70. The zero-order valence-electron chi connectivity index (χ0n) is 14.3. The van der Waals surface area contributed by atoms with Gasteiger partial charge in [0.1, 0.15) is 5.82 Å². The van der Waals surface area contributed by atoms with Gasteiger partial charge < -0.3 is 15.2 Å². The van der Waals surface area contributed by atoms with E-state index in [1.807, 2.05) is 0 Å². The minimum Gasteiger partial charge on any atom is -0.493 e. The number of ether oxygens (including phenoxy) is 2. The lowest BCUT2D eigenvalue weighted by Gasteiger charge is -2.11. The van der Waals surface area contributed by atoms with Gasteiger partial charge in [-0.25, -0.2) is 4.68 Å². The Morgan fingerprint density at radius 2 is 1.63 bits per heavy atom. The van der Waals surface area contributed by atoms with Gasteiger partial charge in [0.05, 0.1) is 25.5 Å². The topological polar surface area (TPSA) is 62.3 Å². The van der Waals surface area contributed by atoms with Gasteiger partial charge in [0, 0.05) is 5.02 Å². The number of nitrogen functional groups attached to an aromatic ring is 1. The number of rotatable bonds is 4. The first-order chi connectivity index (χ1) is 12.8. The van der Waals surface area contributed by atoms with Crippen molar-refractivity contribution in [3.05, 3.63) is 53.2 Å². The Balaban J connectivity index is 2.24. The number of hydrogen-bond acceptors (Lipinski definition) is 4. The van der Waals surface area contributed by atoms with E-state index in [1.54, 1.807) is 12.1 Å². The monoisotopic (exact) mass is 397 g/mol. The van der Waals surface area contributed by atoms with Gasteiger partial charge in [-0.3, -0.25) is 0 Å². The molecule has 27 heavy (non-hydrogen) atoms. The Morgan fingerprint density at radius 3 is 2.19 bits per heavy atom. The van der Waals surface area contributed by atoms with Crippen LogP contribution in [-0.4, -0.2) is 24.0 Å². The van der Waals surface area contributed by atoms with Gasteiger partial charge in [-0.15, -0.1) is 0 Å². The smallest absolute Gasteiger partial charge is 0.435 e. The molecular weight excluding hydrogens is 383 g/mol. The van der Waals surface area contributed by atoms with Gasteiger partial charge in [-0.2, -0.15) is 18.3 Å². The van der Waals surface area contributed by atoms with Crippen LogP contribution in [0.15, 0.2) is 42.5 Å². The van der Waals surface area contributed by atoms with Crippen LogP contribution in [0.25, 0.3) is 16.8 Å². The molecule has 0 bridgehead atoms. The van der Waals surface area contributed by atoms with Crippen LogP contribution >= 0.6 is 11.6 Å². The third-order valence-corrected chi connectivity index (χ3v) is 4.19. The fourth-order valence-electron chi connectivity index (χ4n) is 2.68. The molecule has 3 rings (SSSR count). The molecule has 0 radical (unpaired) electrons. The molecule has 142 valence electrons. The van der Waals surface area contributed by atoms with Crippen LogP contribution in [0.2, 0.25) is 5.02 Å². The van der Waals surface area contributed by atoms with E-state index >= 15 is 0 Å². The summed E-state index contributed by atoms with van der Waals surface area (Å²) < 4.78 is 52.2. The number of benzene rings is 2. The Labute approximate surface area is 158 Å². The number of anilines is 1. The Bertz CT molecular complexity index is 969. The zero-order valence-corrected chi connectivity index (χ0v) is 15.1. The van der Waals surface area contributed by atoms with Crippen LogP contribution in [0.1, 0.15) is 5.69 Å². The van der Waals surface area contributed by atoms with E-state index < -0.39 is 11.9 Å². The predicted molar refractivity (Wildman–Crippen MR) is 96.5 cm³/mol. The lowest BCUT2D eigenvalue weighted by atomic mass is 10.0. The first-order valence-electron chi connectivity index (χ1n) is 7.70. The predicted octanol–water partition coefficient (Wildman–Crippen LogP) is 4.81. The van der Waals surface area contributed by atoms with Crippen LogP contribution in [0.5, 0.6) is 11.5 Å². The van der Waals surface area contributed by atoms with E-state index in [4.69, 9.17) is 26.8 Å². The van der Waals surface area contributed by atoms with Crippen molar-refractivity contribution < 1.29 is 22.6 Å². The van der Waals surface area contributed by atoms with Crippen molar-refractivity contribution in [1.82, 2.24) is 9.78 Å². The molecule has 0 unspecified atom stereocenters. The SMILES string of the molecule is COc1ccc(-c2c(C(F)(F)F)nn(-c3ccc(Cl)cc3)c2N)cc1OC. The van der Waals surface area contributed by atoms with Gasteiger partial charge in [-0.1, -0.05) is 17.7 Å². The molecule has 0 aliphatic heterocycles. The Morgan fingerprint density at radius 1 is 1.00 bits per heavy atom. The number of hydrogen-bond donors (Lipinski definition) is 1. The standard InChI is InChI=1S/C18H15ClF3N3O2/c1-26-13-8-3-10(9-14(13)27-2)15-16(18(20,21)22)24-25(17(15)23)12-6-4-11(19)5-7-12/h3-9H,23H2,1-2H3. The minimum absolute atomic E-state index is 0.156. The third-order valence-electron chi connectivity index (χ3n) is 3.93. The lowest BCUT2D eigenvalue weighted by molar-refractivity contribution is -0.140. The van der Waals surface area contributed by atoms with Crippen molar-refractivity contribution >= 4 is 17.4 Å². The highest BCUT2D eigenvalue weighted by molar-refractivity contribution is 6.30. The van der Waals surface area contributed by atoms with Crippen LogP contribution in [0.3, 0.4) is 0 Å². The van der Waals surface area contributed by atoms with Crippen LogP contribution in [0, 0.1) is 0 Å². The van der Waals surface area contributed by atoms with Gasteiger partial charge in [0.25, 0.3) is 0 Å². The first-order valence-corrected chi connectivity index (χ1v) is 8.08. The first kappa shape index (κ1) is 18.9. The molecular formula is C18H15ClF3N3O2. The van der Waals surface area contributed by atoms with Crippen molar-refractivity contribution in [3.63, 3.8) is 0 Å². The summed E-state index contributed by atoms with van der Waals surface area (Å²) in [7, 11) is 2.83. The molecule has 1 heterocycles. The molecule has 2 aromatic carbocycles. The van der Waals surface area contributed by atoms with Gasteiger partial charge >= 0.3 is 6.18 Å². The van der Waals surface area contributed by atoms with Gasteiger partial charge in [0.2, 0.25) is 0 Å². The highest BCUT2D eigenvalue weighted by Crippen LogP contribution is 2.42. The second kappa shape index (κ2) is 7.03. The molecule has 1 aromatic heterocycles. The molecule has 5 nitrogen and oxygen atoms in total. The summed E-state index contributed by atoms with van der Waals surface area (Å²) in [5.41, 5.74) is 5.29. The number of nitrogens with two attached hydrogens (primary N) is 1. The minimum atomic E-state index is -4.70. The second-order valence-electron chi connectivity index (χ2n) is 5.56. The normalized spacial score (nSPS) is 11.5. The van der Waals surface area contributed by atoms with E-state index in [0.29, 0.717) is 16.5 Å². The molecule has 0 spiro atoms. The average molecular weight is 398 g/mol. The molecule has 0 fully saturated rings. The third kappa shape index (κ3) is 3.52. The summed E-state index contributed by atoms with van der Waals surface area (Å²) in [4.78, 5) is 0. The molecule has 3 aromatic rings. The Kier molecular flexibility index (Phi) is 4.93. The molecule has 0 aliphatic carbocycles. The van der Waals surface area contributed by atoms with Crippen LogP contribution in [-0.2, 0) is 6.18 Å². The summed E-state index contributed by atoms with van der Waals surface area (Å²) >= 11 is 5.84. The Hall–Kier alpha value is -2.87. The van der Waals surface area contributed by atoms with Crippen LogP contribution < -0.4 is 15.2 Å². The highest BCUT2D eigenvalue weighted by Gasteiger charge is 2.39. The van der Waals surface area contributed by atoms with Crippen molar-refractivity contribution in [2.45, 2.75) is 6.18 Å². The molecule has 9 heteroatoms. The molecule has 0 atom stereocenters. The van der Waals surface area contributed by atoms with E-state index in [0.717, 1.165) is 4.68 Å². The quantitative estimate of drug-likeness (QED) is 0.686. The highest BCUT2D eigenvalue weighted by atomic mass is 35.5. The number of aromatic nitrogens is 2. The average Bonchev–Trinajstić information content (AvgIpc) is 2.99. The lowest BCUT2D eigenvalue weighted by Crippen LogP contribution is -2.08. The van der Waals surface area contributed by atoms with E-state index in [9.17, 15) is 13.2 Å². The molecule has 0 saturated heterocycles. The molecule has 0 saturated carbocycles. The fraction of sp³-hybridized carbons (Fsp3) is 0.167.